The van der Waals surface area contributed by atoms with Gasteiger partial charge in [-0.15, -0.1) is 11.3 Å². The number of ketones is 1. The minimum atomic E-state index is -1.06. The average molecular weight is 456 g/mol. The van der Waals surface area contributed by atoms with Gasteiger partial charge in [0.15, 0.2) is 10.9 Å². The summed E-state index contributed by atoms with van der Waals surface area (Å²) in [5, 5.41) is 11.9. The summed E-state index contributed by atoms with van der Waals surface area (Å²) in [5.41, 5.74) is 5.49. The SMILES string of the molecule is CC1(C)CCC(C)(C)c2cc(-c3csc(N4CCN(CC(=O)CC(=O)O)CC4)n3)ccc21. The molecule has 0 atom stereocenters. The zero-order valence-electron chi connectivity index (χ0n) is 19.5. The molecule has 4 rings (SSSR count). The number of aromatic nitrogens is 1. The first kappa shape index (κ1) is 22.9. The Bertz CT molecular complexity index is 1020. The third-order valence-electron chi connectivity index (χ3n) is 7.03. The molecule has 7 heteroatoms. The summed E-state index contributed by atoms with van der Waals surface area (Å²) < 4.78 is 0. The number of carbonyl (C=O) groups excluding carboxylic acids is 1. The highest BCUT2D eigenvalue weighted by atomic mass is 32.1. The lowest BCUT2D eigenvalue weighted by molar-refractivity contribution is -0.140. The van der Waals surface area contributed by atoms with Crippen LogP contribution in [-0.4, -0.2) is 59.5 Å². The van der Waals surface area contributed by atoms with Gasteiger partial charge in [0.2, 0.25) is 0 Å². The van der Waals surface area contributed by atoms with Gasteiger partial charge in [0, 0.05) is 37.1 Å². The van der Waals surface area contributed by atoms with Gasteiger partial charge in [-0.25, -0.2) is 4.98 Å². The van der Waals surface area contributed by atoms with Crippen molar-refractivity contribution >= 4 is 28.2 Å². The van der Waals surface area contributed by atoms with Crippen LogP contribution in [0.25, 0.3) is 11.3 Å². The number of hydrogen-bond acceptors (Lipinski definition) is 6. The maximum atomic E-state index is 11.8. The molecule has 2 aromatic rings. The smallest absolute Gasteiger partial charge is 0.310 e. The second-order valence-corrected chi connectivity index (χ2v) is 11.3. The lowest BCUT2D eigenvalue weighted by Crippen LogP contribution is -2.48. The van der Waals surface area contributed by atoms with Crippen LogP contribution in [0.4, 0.5) is 5.13 Å². The molecule has 6 nitrogen and oxygen atoms in total. The van der Waals surface area contributed by atoms with E-state index in [1.54, 1.807) is 11.3 Å². The van der Waals surface area contributed by atoms with E-state index in [2.05, 4.69) is 56.2 Å². The molecule has 1 aliphatic heterocycles. The summed E-state index contributed by atoms with van der Waals surface area (Å²) in [5.74, 6) is -1.29. The van der Waals surface area contributed by atoms with Gasteiger partial charge in [-0.05, 0) is 40.9 Å². The maximum Gasteiger partial charge on any atom is 0.310 e. The topological polar surface area (TPSA) is 73.7 Å². The molecule has 1 aliphatic carbocycles. The molecule has 0 bridgehead atoms. The van der Waals surface area contributed by atoms with Crippen molar-refractivity contribution in [3.05, 3.63) is 34.7 Å². The van der Waals surface area contributed by atoms with E-state index in [9.17, 15) is 9.59 Å². The summed E-state index contributed by atoms with van der Waals surface area (Å²) in [7, 11) is 0. The minimum Gasteiger partial charge on any atom is -0.481 e. The van der Waals surface area contributed by atoms with E-state index in [-0.39, 0.29) is 23.2 Å². The predicted octanol–water partition coefficient (Wildman–Crippen LogP) is 4.32. The van der Waals surface area contributed by atoms with Crippen molar-refractivity contribution in [2.24, 2.45) is 0 Å². The summed E-state index contributed by atoms with van der Waals surface area (Å²) in [4.78, 5) is 31.7. The van der Waals surface area contributed by atoms with Crippen molar-refractivity contribution in [2.75, 3.05) is 37.6 Å². The number of fused-ring (bicyclic) bond motifs is 1. The molecule has 32 heavy (non-hydrogen) atoms. The van der Waals surface area contributed by atoms with Gasteiger partial charge in [-0.2, -0.15) is 0 Å². The zero-order chi connectivity index (χ0) is 23.1. The molecular weight excluding hydrogens is 422 g/mol. The number of rotatable bonds is 6. The summed E-state index contributed by atoms with van der Waals surface area (Å²) in [6.45, 7) is 12.6. The monoisotopic (exact) mass is 455 g/mol. The number of benzene rings is 1. The van der Waals surface area contributed by atoms with E-state index < -0.39 is 12.4 Å². The van der Waals surface area contributed by atoms with Gasteiger partial charge in [-0.1, -0.05) is 39.8 Å². The van der Waals surface area contributed by atoms with E-state index in [0.29, 0.717) is 0 Å². The Labute approximate surface area is 194 Å². The number of anilines is 1. The van der Waals surface area contributed by atoms with Crippen molar-refractivity contribution in [3.8, 4) is 11.3 Å². The Hall–Kier alpha value is -2.25. The molecular formula is C25H33N3O3S. The van der Waals surface area contributed by atoms with Gasteiger partial charge in [0.25, 0.3) is 0 Å². The van der Waals surface area contributed by atoms with Crippen LogP contribution in [-0.2, 0) is 20.4 Å². The molecule has 2 heterocycles. The molecule has 1 aromatic heterocycles. The second kappa shape index (κ2) is 8.60. The van der Waals surface area contributed by atoms with Gasteiger partial charge >= 0.3 is 5.97 Å². The Balaban J connectivity index is 1.45. The van der Waals surface area contributed by atoms with Crippen molar-refractivity contribution in [1.29, 1.82) is 0 Å². The Morgan fingerprint density at radius 1 is 1.03 bits per heavy atom. The molecule has 1 aromatic carbocycles. The number of nitrogens with zero attached hydrogens (tertiary/aromatic N) is 3. The van der Waals surface area contributed by atoms with Crippen LogP contribution >= 0.6 is 11.3 Å². The molecule has 0 spiro atoms. The standard InChI is InChI=1S/C25H33N3O3S/c1-24(2)7-8-25(3,4)20-13-17(5-6-19(20)24)21-16-32-23(26-21)28-11-9-27(10-12-28)15-18(29)14-22(30)31/h5-6,13,16H,7-12,14-15H2,1-4H3,(H,30,31). The quantitative estimate of drug-likeness (QED) is 0.654. The van der Waals surface area contributed by atoms with Gasteiger partial charge in [0.05, 0.1) is 12.2 Å². The molecule has 0 radical (unpaired) electrons. The number of hydrogen-bond donors (Lipinski definition) is 1. The number of carboxylic acids is 1. The zero-order valence-corrected chi connectivity index (χ0v) is 20.3. The van der Waals surface area contributed by atoms with Crippen molar-refractivity contribution < 1.29 is 14.7 Å². The largest absolute Gasteiger partial charge is 0.481 e. The number of Topliss-reactive ketones (excluding diaryl/α,β-unsaturated/α-hetero) is 1. The van der Waals surface area contributed by atoms with E-state index in [1.165, 1.54) is 29.5 Å². The lowest BCUT2D eigenvalue weighted by atomic mass is 9.63. The number of carboxylic acid groups (broad SMARTS) is 1. The highest BCUT2D eigenvalue weighted by Gasteiger charge is 2.37. The van der Waals surface area contributed by atoms with Gasteiger partial charge < -0.3 is 10.0 Å². The van der Waals surface area contributed by atoms with Crippen molar-refractivity contribution in [2.45, 2.75) is 57.8 Å². The van der Waals surface area contributed by atoms with E-state index in [4.69, 9.17) is 10.1 Å². The Morgan fingerprint density at radius 3 is 2.34 bits per heavy atom. The first-order valence-corrected chi connectivity index (χ1v) is 12.2. The fourth-order valence-corrected chi connectivity index (χ4v) is 5.75. The fourth-order valence-electron chi connectivity index (χ4n) is 4.86. The number of carbonyl (C=O) groups is 2. The normalized spacial score (nSPS) is 20.1. The minimum absolute atomic E-state index is 0.175. The van der Waals surface area contributed by atoms with Gasteiger partial charge in [0.1, 0.15) is 6.42 Å². The second-order valence-electron chi connectivity index (χ2n) is 10.4. The first-order chi connectivity index (χ1) is 15.0. The molecule has 1 N–H and O–H groups in total. The van der Waals surface area contributed by atoms with Crippen LogP contribution in [0.15, 0.2) is 23.6 Å². The summed E-state index contributed by atoms with van der Waals surface area (Å²) in [6.07, 6.45) is 2.00. The van der Waals surface area contributed by atoms with Gasteiger partial charge in [-0.3, -0.25) is 14.5 Å². The molecule has 1 saturated heterocycles. The Morgan fingerprint density at radius 2 is 1.69 bits per heavy atom. The molecule has 1 fully saturated rings. The van der Waals surface area contributed by atoms with Crippen LogP contribution in [0.2, 0.25) is 0 Å². The van der Waals surface area contributed by atoms with E-state index in [1.807, 2.05) is 4.90 Å². The van der Waals surface area contributed by atoms with Crippen molar-refractivity contribution in [3.63, 3.8) is 0 Å². The van der Waals surface area contributed by atoms with Crippen LogP contribution < -0.4 is 4.90 Å². The van der Waals surface area contributed by atoms with Crippen LogP contribution in [0.5, 0.6) is 0 Å². The van der Waals surface area contributed by atoms with Crippen LogP contribution in [0.3, 0.4) is 0 Å². The third kappa shape index (κ3) is 4.74. The summed E-state index contributed by atoms with van der Waals surface area (Å²) >= 11 is 1.66. The maximum absolute atomic E-state index is 11.8. The number of piperazine rings is 1. The molecule has 172 valence electrons. The molecule has 2 aliphatic rings. The molecule has 0 saturated carbocycles. The van der Waals surface area contributed by atoms with E-state index in [0.717, 1.165) is 37.0 Å². The number of aliphatic carboxylic acids is 1. The molecule has 0 unspecified atom stereocenters. The highest BCUT2D eigenvalue weighted by molar-refractivity contribution is 7.14. The van der Waals surface area contributed by atoms with Crippen LogP contribution in [0, 0.1) is 0 Å². The third-order valence-corrected chi connectivity index (χ3v) is 7.93. The Kier molecular flexibility index (Phi) is 6.16. The molecule has 0 amide bonds. The summed E-state index contributed by atoms with van der Waals surface area (Å²) in [6, 6.07) is 6.87. The lowest BCUT2D eigenvalue weighted by Gasteiger charge is -2.42. The fraction of sp³-hybridized carbons (Fsp3) is 0.560. The average Bonchev–Trinajstić information content (AvgIpc) is 3.21. The van der Waals surface area contributed by atoms with E-state index >= 15 is 0 Å². The van der Waals surface area contributed by atoms with Crippen molar-refractivity contribution in [1.82, 2.24) is 9.88 Å². The number of thiazole rings is 1. The predicted molar refractivity (Wildman–Crippen MR) is 129 cm³/mol. The first-order valence-electron chi connectivity index (χ1n) is 11.4. The highest BCUT2D eigenvalue weighted by Crippen LogP contribution is 2.46. The van der Waals surface area contributed by atoms with Crippen LogP contribution in [0.1, 0.15) is 58.1 Å².